The lowest BCUT2D eigenvalue weighted by Gasteiger charge is -2.37. The summed E-state index contributed by atoms with van der Waals surface area (Å²) in [6.07, 6.45) is 10.4. The zero-order valence-corrected chi connectivity index (χ0v) is 23.8. The SMILES string of the molecule is CCN(CC)c1ccc(N2CC=C[C@]34O[C@]5(C)C=CCOC(=O)[C@@H]5[C@H]3C(=O)N(CCCCCCO)C4C2=O)cc1. The summed E-state index contributed by atoms with van der Waals surface area (Å²) in [4.78, 5) is 47.5. The van der Waals surface area contributed by atoms with Gasteiger partial charge in [-0.1, -0.05) is 31.1 Å². The van der Waals surface area contributed by atoms with Gasteiger partial charge in [-0.25, -0.2) is 0 Å². The summed E-state index contributed by atoms with van der Waals surface area (Å²) in [6, 6.07) is 7.03. The summed E-state index contributed by atoms with van der Waals surface area (Å²) >= 11 is 0. The minimum atomic E-state index is -1.28. The molecule has 1 unspecified atom stereocenters. The Balaban J connectivity index is 1.52. The number of anilines is 2. The molecule has 9 nitrogen and oxygen atoms in total. The normalized spacial score (nSPS) is 31.0. The van der Waals surface area contributed by atoms with Crippen LogP contribution in [0.3, 0.4) is 0 Å². The number of hydrogen-bond donors (Lipinski definition) is 1. The van der Waals surface area contributed by atoms with Gasteiger partial charge in [-0.15, -0.1) is 0 Å². The second-order valence-electron chi connectivity index (χ2n) is 11.2. The maximum absolute atomic E-state index is 14.5. The Morgan fingerprint density at radius 2 is 1.68 bits per heavy atom. The van der Waals surface area contributed by atoms with E-state index >= 15 is 0 Å². The number of rotatable bonds is 10. The van der Waals surface area contributed by atoms with Crippen LogP contribution in [0, 0.1) is 11.8 Å². The van der Waals surface area contributed by atoms with Gasteiger partial charge in [0.25, 0.3) is 5.91 Å². The molecule has 2 amide bonds. The average Bonchev–Trinajstić information content (AvgIpc) is 3.19. The fourth-order valence-electron chi connectivity index (χ4n) is 7.01. The van der Waals surface area contributed by atoms with Gasteiger partial charge in [0.15, 0.2) is 0 Å². The number of aliphatic hydroxyl groups is 1. The molecule has 0 saturated carbocycles. The van der Waals surface area contributed by atoms with E-state index in [0.29, 0.717) is 25.9 Å². The number of ether oxygens (including phenoxy) is 2. The van der Waals surface area contributed by atoms with Crippen molar-refractivity contribution in [3.05, 3.63) is 48.6 Å². The molecule has 5 atom stereocenters. The van der Waals surface area contributed by atoms with E-state index in [1.807, 2.05) is 49.4 Å². The molecule has 2 saturated heterocycles. The lowest BCUT2D eigenvalue weighted by molar-refractivity contribution is -0.156. The highest BCUT2D eigenvalue weighted by Gasteiger charge is 2.74. The van der Waals surface area contributed by atoms with Crippen molar-refractivity contribution in [1.82, 2.24) is 4.90 Å². The molecular formula is C31H41N3O6. The first-order valence-electron chi connectivity index (χ1n) is 14.6. The van der Waals surface area contributed by atoms with Crippen molar-refractivity contribution in [3.8, 4) is 0 Å². The summed E-state index contributed by atoms with van der Waals surface area (Å²) in [6.45, 7) is 8.77. The summed E-state index contributed by atoms with van der Waals surface area (Å²) in [5, 5.41) is 9.15. The molecule has 4 aliphatic rings. The second kappa shape index (κ2) is 11.4. The maximum Gasteiger partial charge on any atom is 0.313 e. The zero-order valence-electron chi connectivity index (χ0n) is 23.8. The molecule has 1 aromatic rings. The first kappa shape index (κ1) is 28.4. The van der Waals surface area contributed by atoms with Gasteiger partial charge in [0.2, 0.25) is 5.91 Å². The monoisotopic (exact) mass is 551 g/mol. The molecule has 0 radical (unpaired) electrons. The first-order chi connectivity index (χ1) is 19.3. The molecular weight excluding hydrogens is 510 g/mol. The number of amides is 2. The van der Waals surface area contributed by atoms with E-state index in [2.05, 4.69) is 18.7 Å². The molecule has 0 bridgehead atoms. The van der Waals surface area contributed by atoms with Gasteiger partial charge >= 0.3 is 5.97 Å². The number of carbonyl (C=O) groups excluding carboxylic acids is 3. The number of nitrogens with zero attached hydrogens (tertiary/aromatic N) is 3. The van der Waals surface area contributed by atoms with Crippen LogP contribution in [0.1, 0.15) is 46.5 Å². The number of carbonyl (C=O) groups is 3. The molecule has 216 valence electrons. The molecule has 1 spiro atoms. The van der Waals surface area contributed by atoms with Crippen molar-refractivity contribution < 1.29 is 29.0 Å². The van der Waals surface area contributed by atoms with Crippen molar-refractivity contribution in [2.75, 3.05) is 49.2 Å². The van der Waals surface area contributed by atoms with Crippen LogP contribution in [0.15, 0.2) is 48.6 Å². The number of likely N-dealkylation sites (tertiary alicyclic amines) is 1. The van der Waals surface area contributed by atoms with Crippen LogP contribution in [0.25, 0.3) is 0 Å². The number of hydrogen-bond acceptors (Lipinski definition) is 7. The molecule has 4 heterocycles. The van der Waals surface area contributed by atoms with Gasteiger partial charge in [-0.3, -0.25) is 14.4 Å². The van der Waals surface area contributed by atoms with Crippen LogP contribution in [0.4, 0.5) is 11.4 Å². The Morgan fingerprint density at radius 1 is 0.950 bits per heavy atom. The number of unbranched alkanes of at least 4 members (excludes halogenated alkanes) is 3. The Kier molecular flexibility index (Phi) is 8.06. The molecule has 9 heteroatoms. The van der Waals surface area contributed by atoms with Gasteiger partial charge < -0.3 is 29.3 Å². The van der Waals surface area contributed by atoms with Crippen LogP contribution >= 0.6 is 0 Å². The van der Waals surface area contributed by atoms with E-state index in [9.17, 15) is 14.4 Å². The van der Waals surface area contributed by atoms with E-state index in [-0.39, 0.29) is 25.0 Å². The van der Waals surface area contributed by atoms with Crippen LogP contribution in [0.5, 0.6) is 0 Å². The fourth-order valence-corrected chi connectivity index (χ4v) is 7.01. The predicted octanol–water partition coefficient (Wildman–Crippen LogP) is 3.07. The number of cyclic esters (lactones) is 1. The number of benzene rings is 1. The van der Waals surface area contributed by atoms with Crippen LogP contribution in [0.2, 0.25) is 0 Å². The van der Waals surface area contributed by atoms with E-state index in [4.69, 9.17) is 14.6 Å². The number of fused-ring (bicyclic) bond motifs is 2. The van der Waals surface area contributed by atoms with Crippen molar-refractivity contribution in [1.29, 1.82) is 0 Å². The molecule has 40 heavy (non-hydrogen) atoms. The second-order valence-corrected chi connectivity index (χ2v) is 11.2. The standard InChI is InChI=1S/C31H41N3O6/c1-4-32(5-2)22-12-14-23(15-13-22)33-19-10-17-31-24(25-29(38)39-21-11-16-30(25,3)40-31)27(36)34(26(31)28(33)37)18-8-6-7-9-20-35/h10-17,24-26,35H,4-9,18-21H2,1-3H3/t24-,25-,26?,30+,31-/m0/s1. The topological polar surface area (TPSA) is 99.6 Å². The molecule has 1 N–H and O–H groups in total. The van der Waals surface area contributed by atoms with E-state index < -0.39 is 35.0 Å². The van der Waals surface area contributed by atoms with Crippen LogP contribution in [-0.4, -0.2) is 84.4 Å². The highest BCUT2D eigenvalue weighted by molar-refractivity contribution is 6.05. The van der Waals surface area contributed by atoms with Gasteiger partial charge in [0.05, 0.1) is 11.5 Å². The lowest BCUT2D eigenvalue weighted by atomic mass is 9.75. The average molecular weight is 552 g/mol. The van der Waals surface area contributed by atoms with Crippen molar-refractivity contribution in [2.24, 2.45) is 11.8 Å². The Labute approximate surface area is 236 Å². The Hall–Kier alpha value is -3.17. The highest BCUT2D eigenvalue weighted by Crippen LogP contribution is 2.57. The summed E-state index contributed by atoms with van der Waals surface area (Å²) < 4.78 is 12.2. The largest absolute Gasteiger partial charge is 0.461 e. The highest BCUT2D eigenvalue weighted by atomic mass is 16.6. The zero-order chi connectivity index (χ0) is 28.5. The Bertz CT molecular complexity index is 1180. The van der Waals surface area contributed by atoms with E-state index in [0.717, 1.165) is 37.3 Å². The Morgan fingerprint density at radius 3 is 2.38 bits per heavy atom. The van der Waals surface area contributed by atoms with Gasteiger partial charge in [-0.2, -0.15) is 0 Å². The van der Waals surface area contributed by atoms with Gasteiger partial charge in [-0.05, 0) is 64.0 Å². The van der Waals surface area contributed by atoms with Gasteiger partial charge in [0, 0.05) is 44.2 Å². The molecule has 0 aliphatic carbocycles. The molecule has 4 aliphatic heterocycles. The maximum atomic E-state index is 14.5. The smallest absolute Gasteiger partial charge is 0.313 e. The minimum Gasteiger partial charge on any atom is -0.461 e. The lowest BCUT2D eigenvalue weighted by Crippen LogP contribution is -2.56. The third-order valence-electron chi connectivity index (χ3n) is 8.91. The number of esters is 1. The van der Waals surface area contributed by atoms with Crippen molar-refractivity contribution in [3.63, 3.8) is 0 Å². The van der Waals surface area contributed by atoms with Crippen LogP contribution in [-0.2, 0) is 23.9 Å². The quantitative estimate of drug-likeness (QED) is 0.271. The third-order valence-corrected chi connectivity index (χ3v) is 8.91. The van der Waals surface area contributed by atoms with E-state index in [1.54, 1.807) is 15.9 Å². The summed E-state index contributed by atoms with van der Waals surface area (Å²) in [5.74, 6) is -2.65. The molecule has 5 rings (SSSR count). The number of aliphatic hydroxyl groups excluding tert-OH is 1. The van der Waals surface area contributed by atoms with Crippen molar-refractivity contribution in [2.45, 2.75) is 63.7 Å². The van der Waals surface area contributed by atoms with Crippen molar-refractivity contribution >= 4 is 29.2 Å². The third kappa shape index (κ3) is 4.63. The molecule has 1 aromatic carbocycles. The fraction of sp³-hybridized carbons (Fsp3) is 0.581. The van der Waals surface area contributed by atoms with Gasteiger partial charge in [0.1, 0.15) is 24.2 Å². The first-order valence-corrected chi connectivity index (χ1v) is 14.6. The minimum absolute atomic E-state index is 0.130. The predicted molar refractivity (Wildman–Crippen MR) is 152 cm³/mol. The van der Waals surface area contributed by atoms with Crippen LogP contribution < -0.4 is 9.80 Å². The summed E-state index contributed by atoms with van der Waals surface area (Å²) in [7, 11) is 0. The van der Waals surface area contributed by atoms with E-state index in [1.165, 1.54) is 0 Å². The summed E-state index contributed by atoms with van der Waals surface area (Å²) in [5.41, 5.74) is -0.514. The molecule has 0 aromatic heterocycles. The molecule has 2 fully saturated rings.